The smallest absolute Gasteiger partial charge is 0.336 e. The highest BCUT2D eigenvalue weighted by molar-refractivity contribution is 5.96. The number of nitrogens with zero attached hydrogens (tertiary/aromatic N) is 1. The van der Waals surface area contributed by atoms with Crippen molar-refractivity contribution in [3.8, 4) is 11.5 Å². The molecule has 6 heteroatoms. The number of benzene rings is 5. The van der Waals surface area contributed by atoms with Gasteiger partial charge < -0.3 is 14.6 Å². The van der Waals surface area contributed by atoms with E-state index in [-0.39, 0.29) is 5.56 Å². The van der Waals surface area contributed by atoms with E-state index in [4.69, 9.17) is 14.6 Å². The summed E-state index contributed by atoms with van der Waals surface area (Å²) in [5, 5.41) is 20.3. The average molecular weight is 528 g/mol. The predicted molar refractivity (Wildman–Crippen MR) is 156 cm³/mol. The van der Waals surface area contributed by atoms with Crippen LogP contribution in [0.4, 0.5) is 0 Å². The zero-order chi connectivity index (χ0) is 27.9. The van der Waals surface area contributed by atoms with Crippen LogP contribution >= 0.6 is 0 Å². The number of aromatic nitrogens is 1. The van der Waals surface area contributed by atoms with Gasteiger partial charge in [0.15, 0.2) is 5.58 Å². The predicted octanol–water partition coefficient (Wildman–Crippen LogP) is 7.99. The monoisotopic (exact) mass is 527 g/mol. The Hall–Kier alpha value is -5.49. The minimum Gasteiger partial charge on any atom is -0.478 e. The van der Waals surface area contributed by atoms with Crippen LogP contribution in [0.3, 0.4) is 0 Å². The van der Waals surface area contributed by atoms with Gasteiger partial charge in [-0.1, -0.05) is 91.0 Å². The number of carboxylic acid groups (broad SMARTS) is 2. The first-order valence-electron chi connectivity index (χ1n) is 12.6. The van der Waals surface area contributed by atoms with Crippen LogP contribution in [-0.4, -0.2) is 27.1 Å². The molecule has 196 valence electrons. The standard InChI is InChI=1S/C14H9NO3.C13H10.C7H6O2/c16-14(17)10-6-2-1-5-9(10)13-15-11-7-3-4-8-12(11)18-13;1-4-10-6-2-8-12-9-3-7-11(5-1)13(10)12;8-7(9)6-4-2-1-3-5-6/h1-8H,(H,16,17);1-8H,9H2;1-5H,(H,8,9). The Morgan fingerprint density at radius 2 is 1.40 bits per heavy atom. The Morgan fingerprint density at radius 3 is 2.12 bits per heavy atom. The van der Waals surface area contributed by atoms with Gasteiger partial charge in [-0.25, -0.2) is 14.6 Å². The van der Waals surface area contributed by atoms with Gasteiger partial charge in [0.1, 0.15) is 5.52 Å². The summed E-state index contributed by atoms with van der Waals surface area (Å²) in [6, 6.07) is 35.3. The van der Waals surface area contributed by atoms with Crippen LogP contribution in [0, 0.1) is 0 Å². The van der Waals surface area contributed by atoms with Crippen LogP contribution in [-0.2, 0) is 6.42 Å². The van der Waals surface area contributed by atoms with Gasteiger partial charge in [-0.2, -0.15) is 0 Å². The molecule has 0 unspecified atom stereocenters. The lowest BCUT2D eigenvalue weighted by atomic mass is 9.93. The summed E-state index contributed by atoms with van der Waals surface area (Å²) in [6.07, 6.45) is 5.53. The summed E-state index contributed by atoms with van der Waals surface area (Å²) in [7, 11) is 0. The summed E-state index contributed by atoms with van der Waals surface area (Å²) >= 11 is 0. The molecule has 0 saturated heterocycles. The summed E-state index contributed by atoms with van der Waals surface area (Å²) in [5.74, 6) is -1.54. The van der Waals surface area contributed by atoms with E-state index in [0.29, 0.717) is 28.1 Å². The van der Waals surface area contributed by atoms with E-state index >= 15 is 0 Å². The zero-order valence-electron chi connectivity index (χ0n) is 21.4. The van der Waals surface area contributed by atoms with E-state index in [1.54, 1.807) is 54.6 Å². The van der Waals surface area contributed by atoms with Gasteiger partial charge >= 0.3 is 11.9 Å². The minimum atomic E-state index is -0.993. The SMILES string of the molecule is C1=Cc2cccc3cccc(c23)C1.O=C(O)c1ccccc1.O=C(O)c1ccccc1-c1nc2ccccc2o1. The van der Waals surface area contributed by atoms with Crippen molar-refractivity contribution in [3.63, 3.8) is 0 Å². The Balaban J connectivity index is 0.000000129. The molecule has 0 amide bonds. The maximum Gasteiger partial charge on any atom is 0.336 e. The Bertz CT molecular complexity index is 1800. The topological polar surface area (TPSA) is 101 Å². The number of allylic oxidation sites excluding steroid dienone is 1. The van der Waals surface area contributed by atoms with Gasteiger partial charge in [-0.05, 0) is 64.7 Å². The largest absolute Gasteiger partial charge is 0.478 e. The fourth-order valence-electron chi connectivity index (χ4n) is 4.50. The lowest BCUT2D eigenvalue weighted by Crippen LogP contribution is -1.98. The van der Waals surface area contributed by atoms with Crippen LogP contribution < -0.4 is 0 Å². The molecule has 2 N–H and O–H groups in total. The second kappa shape index (κ2) is 11.9. The van der Waals surface area contributed by atoms with Crippen molar-refractivity contribution < 1.29 is 24.2 Å². The number of hydrogen-bond acceptors (Lipinski definition) is 4. The zero-order valence-corrected chi connectivity index (χ0v) is 21.4. The second-order valence-corrected chi connectivity index (χ2v) is 8.98. The molecule has 1 heterocycles. The molecule has 0 saturated carbocycles. The molecule has 40 heavy (non-hydrogen) atoms. The van der Waals surface area contributed by atoms with Gasteiger partial charge in [0, 0.05) is 0 Å². The Kier molecular flexibility index (Phi) is 7.79. The van der Waals surface area contributed by atoms with Gasteiger partial charge in [-0.15, -0.1) is 0 Å². The summed E-state index contributed by atoms with van der Waals surface area (Å²) in [5.41, 5.74) is 5.18. The molecular formula is C34H25NO5. The van der Waals surface area contributed by atoms with Crippen LogP contribution in [0.15, 0.2) is 126 Å². The van der Waals surface area contributed by atoms with Crippen LogP contribution in [0.5, 0.6) is 0 Å². The molecule has 1 aromatic heterocycles. The van der Waals surface area contributed by atoms with Crippen LogP contribution in [0.25, 0.3) is 39.4 Å². The maximum atomic E-state index is 11.1. The van der Waals surface area contributed by atoms with Crippen LogP contribution in [0.2, 0.25) is 0 Å². The van der Waals surface area contributed by atoms with Crippen molar-refractivity contribution in [2.45, 2.75) is 6.42 Å². The average Bonchev–Trinajstić information content (AvgIpc) is 3.43. The van der Waals surface area contributed by atoms with Gasteiger partial charge in [0.05, 0.1) is 16.7 Å². The van der Waals surface area contributed by atoms with E-state index in [1.807, 2.05) is 18.2 Å². The van der Waals surface area contributed by atoms with E-state index in [0.717, 1.165) is 6.42 Å². The minimum absolute atomic E-state index is 0.184. The molecule has 7 rings (SSSR count). The quantitative estimate of drug-likeness (QED) is 0.242. The molecule has 1 aliphatic rings. The Morgan fingerprint density at radius 1 is 0.700 bits per heavy atom. The number of fused-ring (bicyclic) bond motifs is 1. The molecule has 0 radical (unpaired) electrons. The van der Waals surface area contributed by atoms with Crippen molar-refractivity contribution in [3.05, 3.63) is 144 Å². The van der Waals surface area contributed by atoms with E-state index in [9.17, 15) is 9.59 Å². The van der Waals surface area contributed by atoms with Crippen molar-refractivity contribution in [2.75, 3.05) is 0 Å². The first kappa shape index (κ1) is 26.1. The lowest BCUT2D eigenvalue weighted by Gasteiger charge is -2.11. The van der Waals surface area contributed by atoms with Crippen molar-refractivity contribution in [2.24, 2.45) is 0 Å². The number of oxazole rings is 1. The molecule has 0 atom stereocenters. The maximum absolute atomic E-state index is 11.1. The molecule has 6 nitrogen and oxygen atoms in total. The summed E-state index contributed by atoms with van der Waals surface area (Å²) < 4.78 is 5.57. The Labute approximate surface area is 230 Å². The third-order valence-electron chi connectivity index (χ3n) is 6.36. The fraction of sp³-hybridized carbons (Fsp3) is 0.0294. The summed E-state index contributed by atoms with van der Waals surface area (Å²) in [4.78, 5) is 25.6. The molecule has 0 aliphatic heterocycles. The van der Waals surface area contributed by atoms with E-state index in [2.05, 4.69) is 53.5 Å². The third-order valence-corrected chi connectivity index (χ3v) is 6.36. The molecule has 5 aromatic carbocycles. The number of carboxylic acids is 2. The molecule has 6 aromatic rings. The second-order valence-electron chi connectivity index (χ2n) is 8.98. The molecular weight excluding hydrogens is 502 g/mol. The number of hydrogen-bond donors (Lipinski definition) is 2. The van der Waals surface area contributed by atoms with E-state index < -0.39 is 11.9 Å². The van der Waals surface area contributed by atoms with Crippen molar-refractivity contribution in [1.82, 2.24) is 4.98 Å². The van der Waals surface area contributed by atoms with E-state index in [1.165, 1.54) is 28.0 Å². The first-order chi connectivity index (χ1) is 19.5. The van der Waals surface area contributed by atoms with Crippen molar-refractivity contribution >= 4 is 39.9 Å². The highest BCUT2D eigenvalue weighted by Gasteiger charge is 2.15. The fourth-order valence-corrected chi connectivity index (χ4v) is 4.50. The first-order valence-corrected chi connectivity index (χ1v) is 12.6. The molecule has 0 fully saturated rings. The van der Waals surface area contributed by atoms with Gasteiger partial charge in [0.25, 0.3) is 0 Å². The highest BCUT2D eigenvalue weighted by Crippen LogP contribution is 2.28. The highest BCUT2D eigenvalue weighted by atomic mass is 16.4. The summed E-state index contributed by atoms with van der Waals surface area (Å²) in [6.45, 7) is 0. The van der Waals surface area contributed by atoms with Crippen LogP contribution in [0.1, 0.15) is 31.8 Å². The molecule has 1 aliphatic carbocycles. The molecule has 0 spiro atoms. The number of aromatic carboxylic acids is 2. The lowest BCUT2D eigenvalue weighted by molar-refractivity contribution is 0.0686. The number of para-hydroxylation sites is 2. The molecule has 0 bridgehead atoms. The number of rotatable bonds is 3. The van der Waals surface area contributed by atoms with Gasteiger partial charge in [0.2, 0.25) is 5.89 Å². The number of carbonyl (C=O) groups is 2. The normalized spacial score (nSPS) is 11.2. The third kappa shape index (κ3) is 5.81. The van der Waals surface area contributed by atoms with Crippen molar-refractivity contribution in [1.29, 1.82) is 0 Å². The van der Waals surface area contributed by atoms with Gasteiger partial charge in [-0.3, -0.25) is 0 Å².